The van der Waals surface area contributed by atoms with Crippen molar-refractivity contribution >= 4 is 5.69 Å². The minimum absolute atomic E-state index is 0.248. The average Bonchev–Trinajstić information content (AvgIpc) is 2.62. The van der Waals surface area contributed by atoms with E-state index >= 15 is 0 Å². The molecule has 2 nitrogen and oxygen atoms in total. The lowest BCUT2D eigenvalue weighted by atomic mass is 9.94. The molecule has 1 aliphatic heterocycles. The Morgan fingerprint density at radius 2 is 1.84 bits per heavy atom. The summed E-state index contributed by atoms with van der Waals surface area (Å²) >= 11 is 0. The molecular formula is C17H25NO. The number of piperidine rings is 1. The maximum atomic E-state index is 10.3. The zero-order valence-electron chi connectivity index (χ0n) is 12.0. The molecule has 1 saturated heterocycles. The molecule has 0 amide bonds. The molecule has 1 aromatic carbocycles. The molecule has 2 aliphatic rings. The molecule has 0 aromatic heterocycles. The first-order valence-electron chi connectivity index (χ1n) is 7.83. The van der Waals surface area contributed by atoms with E-state index in [2.05, 4.69) is 24.0 Å². The maximum absolute atomic E-state index is 10.3. The van der Waals surface area contributed by atoms with Gasteiger partial charge in [-0.25, -0.2) is 0 Å². The summed E-state index contributed by atoms with van der Waals surface area (Å²) in [4.78, 5) is 2.57. The SMILES string of the molecule is Cc1ccc2c(c1N1CCCCC1)CCCCC2O. The molecule has 0 spiro atoms. The van der Waals surface area contributed by atoms with Gasteiger partial charge in [-0.3, -0.25) is 0 Å². The normalized spacial score (nSPS) is 23.9. The fourth-order valence-corrected chi connectivity index (χ4v) is 3.70. The number of aliphatic hydroxyl groups is 1. The van der Waals surface area contributed by atoms with Crippen molar-refractivity contribution in [2.45, 2.75) is 58.0 Å². The summed E-state index contributed by atoms with van der Waals surface area (Å²) in [6.07, 6.45) is 8.17. The van der Waals surface area contributed by atoms with E-state index in [0.717, 1.165) is 19.3 Å². The Morgan fingerprint density at radius 3 is 2.63 bits per heavy atom. The largest absolute Gasteiger partial charge is 0.388 e. The molecule has 1 fully saturated rings. The van der Waals surface area contributed by atoms with Crippen molar-refractivity contribution in [2.75, 3.05) is 18.0 Å². The third-order valence-electron chi connectivity index (χ3n) is 4.71. The number of aliphatic hydroxyl groups excluding tert-OH is 1. The fraction of sp³-hybridized carbons (Fsp3) is 0.647. The third kappa shape index (κ3) is 2.51. The van der Waals surface area contributed by atoms with Crippen LogP contribution in [0.5, 0.6) is 0 Å². The zero-order valence-corrected chi connectivity index (χ0v) is 12.0. The molecule has 1 N–H and O–H groups in total. The van der Waals surface area contributed by atoms with Crippen LogP contribution in [0.25, 0.3) is 0 Å². The van der Waals surface area contributed by atoms with E-state index in [0.29, 0.717) is 0 Å². The molecular weight excluding hydrogens is 234 g/mol. The van der Waals surface area contributed by atoms with Gasteiger partial charge in [0.1, 0.15) is 0 Å². The lowest BCUT2D eigenvalue weighted by Crippen LogP contribution is -2.31. The number of rotatable bonds is 1. The number of hydrogen-bond donors (Lipinski definition) is 1. The summed E-state index contributed by atoms with van der Waals surface area (Å²) in [5.41, 5.74) is 5.46. The molecule has 104 valence electrons. The van der Waals surface area contributed by atoms with Gasteiger partial charge in [0.2, 0.25) is 0 Å². The van der Waals surface area contributed by atoms with E-state index in [-0.39, 0.29) is 6.10 Å². The highest BCUT2D eigenvalue weighted by Crippen LogP contribution is 2.37. The lowest BCUT2D eigenvalue weighted by Gasteiger charge is -2.33. The Bertz CT molecular complexity index is 449. The zero-order chi connectivity index (χ0) is 13.2. The molecule has 0 bridgehead atoms. The Kier molecular flexibility index (Phi) is 3.79. The van der Waals surface area contributed by atoms with Crippen molar-refractivity contribution in [3.8, 4) is 0 Å². The second-order valence-corrected chi connectivity index (χ2v) is 6.11. The van der Waals surface area contributed by atoms with Crippen LogP contribution in [-0.2, 0) is 6.42 Å². The van der Waals surface area contributed by atoms with E-state index in [1.54, 1.807) is 0 Å². The van der Waals surface area contributed by atoms with E-state index in [4.69, 9.17) is 0 Å². The Balaban J connectivity index is 2.04. The molecule has 1 heterocycles. The minimum Gasteiger partial charge on any atom is -0.388 e. The van der Waals surface area contributed by atoms with Crippen LogP contribution in [0.1, 0.15) is 61.3 Å². The van der Waals surface area contributed by atoms with Crippen molar-refractivity contribution in [1.82, 2.24) is 0 Å². The third-order valence-corrected chi connectivity index (χ3v) is 4.71. The highest BCUT2D eigenvalue weighted by Gasteiger charge is 2.23. The lowest BCUT2D eigenvalue weighted by molar-refractivity contribution is 0.166. The van der Waals surface area contributed by atoms with Crippen LogP contribution in [0, 0.1) is 6.92 Å². The summed E-state index contributed by atoms with van der Waals surface area (Å²) in [5.74, 6) is 0. The van der Waals surface area contributed by atoms with Crippen LogP contribution in [-0.4, -0.2) is 18.2 Å². The highest BCUT2D eigenvalue weighted by molar-refractivity contribution is 5.63. The van der Waals surface area contributed by atoms with E-state index < -0.39 is 0 Å². The molecule has 19 heavy (non-hydrogen) atoms. The number of anilines is 1. The predicted molar refractivity (Wildman–Crippen MR) is 79.8 cm³/mol. The van der Waals surface area contributed by atoms with Gasteiger partial charge in [0.15, 0.2) is 0 Å². The number of nitrogens with zero attached hydrogens (tertiary/aromatic N) is 1. The monoisotopic (exact) mass is 259 g/mol. The second kappa shape index (κ2) is 5.54. The molecule has 1 aromatic rings. The van der Waals surface area contributed by atoms with E-state index in [1.165, 1.54) is 61.2 Å². The molecule has 0 saturated carbocycles. The molecule has 1 unspecified atom stereocenters. The summed E-state index contributed by atoms with van der Waals surface area (Å²) in [6.45, 7) is 4.60. The van der Waals surface area contributed by atoms with Crippen LogP contribution < -0.4 is 4.90 Å². The van der Waals surface area contributed by atoms with Gasteiger partial charge in [-0.05, 0) is 62.1 Å². The van der Waals surface area contributed by atoms with Gasteiger partial charge in [-0.2, -0.15) is 0 Å². The van der Waals surface area contributed by atoms with Gasteiger partial charge >= 0.3 is 0 Å². The van der Waals surface area contributed by atoms with Crippen molar-refractivity contribution < 1.29 is 5.11 Å². The van der Waals surface area contributed by atoms with Crippen molar-refractivity contribution in [3.05, 3.63) is 28.8 Å². The maximum Gasteiger partial charge on any atom is 0.0793 e. The number of benzene rings is 1. The van der Waals surface area contributed by atoms with Crippen LogP contribution >= 0.6 is 0 Å². The van der Waals surface area contributed by atoms with Crippen molar-refractivity contribution in [2.24, 2.45) is 0 Å². The minimum atomic E-state index is -0.248. The van der Waals surface area contributed by atoms with E-state index in [9.17, 15) is 5.11 Å². The van der Waals surface area contributed by atoms with Gasteiger partial charge in [-0.15, -0.1) is 0 Å². The van der Waals surface area contributed by atoms with Crippen LogP contribution in [0.4, 0.5) is 5.69 Å². The summed E-state index contributed by atoms with van der Waals surface area (Å²) in [6, 6.07) is 4.37. The van der Waals surface area contributed by atoms with Crippen molar-refractivity contribution in [1.29, 1.82) is 0 Å². The first kappa shape index (κ1) is 13.0. The Hall–Kier alpha value is -1.02. The summed E-state index contributed by atoms with van der Waals surface area (Å²) in [5, 5.41) is 10.3. The quantitative estimate of drug-likeness (QED) is 0.777. The first-order valence-corrected chi connectivity index (χ1v) is 7.83. The van der Waals surface area contributed by atoms with Gasteiger partial charge in [0.25, 0.3) is 0 Å². The van der Waals surface area contributed by atoms with Gasteiger partial charge in [0.05, 0.1) is 6.10 Å². The highest BCUT2D eigenvalue weighted by atomic mass is 16.3. The standard InChI is InChI=1S/C17H25NO/c1-13-9-10-14-15(7-3-4-8-16(14)19)17(13)18-11-5-2-6-12-18/h9-10,16,19H,2-8,11-12H2,1H3. The average molecular weight is 259 g/mol. The number of fused-ring (bicyclic) bond motifs is 1. The predicted octanol–water partition coefficient (Wildman–Crippen LogP) is 3.75. The smallest absolute Gasteiger partial charge is 0.0793 e. The first-order chi connectivity index (χ1) is 9.27. The van der Waals surface area contributed by atoms with Crippen molar-refractivity contribution in [3.63, 3.8) is 0 Å². The number of aryl methyl sites for hydroxylation is 1. The van der Waals surface area contributed by atoms with Gasteiger partial charge in [0, 0.05) is 18.8 Å². The Morgan fingerprint density at radius 1 is 1.05 bits per heavy atom. The molecule has 3 rings (SSSR count). The molecule has 0 radical (unpaired) electrons. The van der Waals surface area contributed by atoms with E-state index in [1.807, 2.05) is 0 Å². The summed E-state index contributed by atoms with van der Waals surface area (Å²) < 4.78 is 0. The molecule has 2 heteroatoms. The van der Waals surface area contributed by atoms with Crippen LogP contribution in [0.2, 0.25) is 0 Å². The fourth-order valence-electron chi connectivity index (χ4n) is 3.70. The second-order valence-electron chi connectivity index (χ2n) is 6.11. The van der Waals surface area contributed by atoms with Gasteiger partial charge in [-0.1, -0.05) is 18.6 Å². The van der Waals surface area contributed by atoms with Crippen LogP contribution in [0.3, 0.4) is 0 Å². The Labute approximate surface area is 116 Å². The number of hydrogen-bond acceptors (Lipinski definition) is 2. The van der Waals surface area contributed by atoms with Crippen LogP contribution in [0.15, 0.2) is 12.1 Å². The summed E-state index contributed by atoms with van der Waals surface area (Å²) in [7, 11) is 0. The topological polar surface area (TPSA) is 23.5 Å². The van der Waals surface area contributed by atoms with Gasteiger partial charge < -0.3 is 10.0 Å². The molecule has 1 aliphatic carbocycles. The molecule has 1 atom stereocenters.